The van der Waals surface area contributed by atoms with E-state index in [0.717, 1.165) is 0 Å². The average molecular weight is 107 g/mol. The van der Waals surface area contributed by atoms with Crippen molar-refractivity contribution in [3.63, 3.8) is 0 Å². The van der Waals surface area contributed by atoms with E-state index >= 15 is 0 Å². The molecule has 0 aliphatic heterocycles. The monoisotopic (exact) mass is 107 g/mol. The summed E-state index contributed by atoms with van der Waals surface area (Å²) >= 11 is 1.46. The first-order valence-corrected chi connectivity index (χ1v) is 2.59. The molecule has 0 aromatic rings. The molecule has 0 aliphatic carbocycles. The maximum absolute atomic E-state index is 6.71. The molecule has 3 N–H and O–H groups in total. The lowest BCUT2D eigenvalue weighted by molar-refractivity contribution is 0.824. The molecule has 0 unspecified atom stereocenters. The molecule has 0 aliphatic rings. The van der Waals surface area contributed by atoms with Gasteiger partial charge in [-0.15, -0.1) is 11.8 Å². The van der Waals surface area contributed by atoms with E-state index in [4.69, 9.17) is 5.41 Å². The molecular weight excluding hydrogens is 98.1 g/mol. The van der Waals surface area contributed by atoms with Crippen LogP contribution < -0.4 is 0 Å². The Morgan fingerprint density at radius 1 is 1.67 bits per heavy atom. The lowest BCUT2D eigenvalue weighted by Crippen LogP contribution is -1.70. The van der Waals surface area contributed by atoms with Gasteiger partial charge in [0.15, 0.2) is 0 Å². The summed E-state index contributed by atoms with van der Waals surface area (Å²) in [5.74, 6) is 0. The number of hydrogen-bond acceptors (Lipinski definition) is 2. The van der Waals surface area contributed by atoms with Crippen LogP contribution in [-0.4, -0.2) is 16.8 Å². The smallest absolute Gasteiger partial charge is 0.0607 e. The van der Waals surface area contributed by atoms with E-state index in [2.05, 4.69) is 0 Å². The van der Waals surface area contributed by atoms with Gasteiger partial charge in [0, 0.05) is 0 Å². The Bertz CT molecular complexity index is 46.1. The minimum Gasteiger partial charge on any atom is -0.412 e. The minimum atomic E-state index is 0. The molecule has 0 atom stereocenters. The fourth-order valence-corrected chi connectivity index (χ4v) is 0. The zero-order chi connectivity index (χ0) is 4.28. The van der Waals surface area contributed by atoms with Gasteiger partial charge in [0.25, 0.3) is 0 Å². The summed E-state index contributed by atoms with van der Waals surface area (Å²) in [7, 11) is 0. The fraction of sp³-hybridized carbons (Fsp3) is 0.667. The zero-order valence-electron chi connectivity index (χ0n) is 3.91. The highest BCUT2D eigenvalue weighted by molar-refractivity contribution is 8.13. The molecule has 0 aromatic heterocycles. The summed E-state index contributed by atoms with van der Waals surface area (Å²) < 4.78 is 0. The second-order valence-corrected chi connectivity index (χ2v) is 1.78. The van der Waals surface area contributed by atoms with Gasteiger partial charge in [-0.25, -0.2) is 0 Å². The Morgan fingerprint density at radius 2 is 1.83 bits per heavy atom. The van der Waals surface area contributed by atoms with E-state index in [0.29, 0.717) is 5.04 Å². The highest BCUT2D eigenvalue weighted by Crippen LogP contribution is 1.89. The molecule has 0 bridgehead atoms. The molecule has 0 heterocycles. The molecule has 0 spiro atoms. The topological polar surface area (TPSA) is 55.4 Å². The highest BCUT2D eigenvalue weighted by Gasteiger charge is 1.70. The van der Waals surface area contributed by atoms with Crippen molar-refractivity contribution in [1.82, 2.24) is 0 Å². The summed E-state index contributed by atoms with van der Waals surface area (Å²) in [5.41, 5.74) is 0. The second-order valence-electron chi connectivity index (χ2n) is 0.760. The van der Waals surface area contributed by atoms with Crippen LogP contribution in [0.3, 0.4) is 0 Å². The van der Waals surface area contributed by atoms with E-state index < -0.39 is 0 Å². The van der Waals surface area contributed by atoms with Crippen molar-refractivity contribution in [3.8, 4) is 0 Å². The van der Waals surface area contributed by atoms with Gasteiger partial charge in [0.1, 0.15) is 0 Å². The first-order valence-electron chi connectivity index (χ1n) is 1.36. The predicted octanol–water partition coefficient (Wildman–Crippen LogP) is 0.522. The van der Waals surface area contributed by atoms with Crippen LogP contribution in [0.4, 0.5) is 0 Å². The molecule has 0 radical (unpaired) electrons. The number of nitrogens with one attached hydrogen (secondary N) is 1. The Hall–Kier alpha value is -0.0200. The van der Waals surface area contributed by atoms with Crippen LogP contribution in [0.25, 0.3) is 0 Å². The third-order valence-corrected chi connectivity index (χ3v) is 0.919. The molecule has 0 fully saturated rings. The first kappa shape index (κ1) is 9.36. The fourth-order valence-electron chi connectivity index (χ4n) is 0. The second kappa shape index (κ2) is 4.98. The van der Waals surface area contributed by atoms with E-state index in [-0.39, 0.29) is 5.48 Å². The number of thioether (sulfide) groups is 1. The molecule has 3 heteroatoms. The Labute approximate surface area is 41.8 Å². The van der Waals surface area contributed by atoms with Crippen molar-refractivity contribution >= 4 is 16.8 Å². The quantitative estimate of drug-likeness (QED) is 0.356. The third-order valence-electron chi connectivity index (χ3n) is 0.306. The maximum atomic E-state index is 6.71. The maximum Gasteiger partial charge on any atom is 0.0607 e. The summed E-state index contributed by atoms with van der Waals surface area (Å²) in [6, 6.07) is 0. The molecule has 38 valence electrons. The normalized spacial score (nSPS) is 6.33. The summed E-state index contributed by atoms with van der Waals surface area (Å²) in [6.45, 7) is 1.77. The van der Waals surface area contributed by atoms with Crippen LogP contribution >= 0.6 is 11.8 Å². The van der Waals surface area contributed by atoms with Crippen molar-refractivity contribution < 1.29 is 5.48 Å². The average Bonchev–Trinajstić information content (AvgIpc) is 1.38. The molecule has 6 heavy (non-hydrogen) atoms. The van der Waals surface area contributed by atoms with Crippen molar-refractivity contribution in [1.29, 1.82) is 5.41 Å². The molecule has 0 saturated heterocycles. The molecule has 0 rings (SSSR count). The Morgan fingerprint density at radius 3 is 1.83 bits per heavy atom. The van der Waals surface area contributed by atoms with E-state index in [1.54, 1.807) is 6.92 Å². The Kier molecular flexibility index (Phi) is 7.77. The standard InChI is InChI=1S/C3H7NS.H2O/c1-3(4)5-2;/h4H,1-2H3;1H2. The molecular formula is C3H9NOS. The van der Waals surface area contributed by atoms with Gasteiger partial charge in [-0.3, -0.25) is 5.41 Å². The van der Waals surface area contributed by atoms with Gasteiger partial charge in [0.2, 0.25) is 0 Å². The number of rotatable bonds is 0. The SMILES string of the molecule is CSC(C)=N.O. The van der Waals surface area contributed by atoms with Crippen molar-refractivity contribution in [2.45, 2.75) is 6.92 Å². The lowest BCUT2D eigenvalue weighted by atomic mass is 10.9. The van der Waals surface area contributed by atoms with Crippen molar-refractivity contribution in [3.05, 3.63) is 0 Å². The Balaban J connectivity index is 0. The van der Waals surface area contributed by atoms with Gasteiger partial charge >= 0.3 is 0 Å². The molecule has 0 aromatic carbocycles. The molecule has 2 nitrogen and oxygen atoms in total. The van der Waals surface area contributed by atoms with Crippen LogP contribution in [0.2, 0.25) is 0 Å². The van der Waals surface area contributed by atoms with E-state index in [1.165, 1.54) is 11.8 Å². The minimum absolute atomic E-state index is 0. The first-order chi connectivity index (χ1) is 2.27. The third kappa shape index (κ3) is 9.02. The summed E-state index contributed by atoms with van der Waals surface area (Å²) in [6.07, 6.45) is 1.89. The van der Waals surface area contributed by atoms with Crippen molar-refractivity contribution in [2.75, 3.05) is 6.26 Å². The van der Waals surface area contributed by atoms with Crippen LogP contribution in [0.5, 0.6) is 0 Å². The van der Waals surface area contributed by atoms with Crippen molar-refractivity contribution in [2.24, 2.45) is 0 Å². The van der Waals surface area contributed by atoms with Gasteiger partial charge in [0.05, 0.1) is 5.04 Å². The van der Waals surface area contributed by atoms with Crippen LogP contribution in [-0.2, 0) is 0 Å². The number of hydrogen-bond donors (Lipinski definition) is 1. The van der Waals surface area contributed by atoms with E-state index in [9.17, 15) is 0 Å². The van der Waals surface area contributed by atoms with Gasteiger partial charge in [-0.05, 0) is 13.2 Å². The van der Waals surface area contributed by atoms with Gasteiger partial charge in [-0.1, -0.05) is 0 Å². The largest absolute Gasteiger partial charge is 0.412 e. The summed E-state index contributed by atoms with van der Waals surface area (Å²) in [4.78, 5) is 0. The van der Waals surface area contributed by atoms with Crippen LogP contribution in [0, 0.1) is 5.41 Å². The van der Waals surface area contributed by atoms with Gasteiger partial charge < -0.3 is 5.48 Å². The summed E-state index contributed by atoms with van der Waals surface area (Å²) in [5, 5.41) is 7.38. The highest BCUT2D eigenvalue weighted by atomic mass is 32.2. The zero-order valence-corrected chi connectivity index (χ0v) is 4.72. The van der Waals surface area contributed by atoms with E-state index in [1.807, 2.05) is 6.26 Å². The van der Waals surface area contributed by atoms with Crippen LogP contribution in [0.15, 0.2) is 0 Å². The van der Waals surface area contributed by atoms with Gasteiger partial charge in [-0.2, -0.15) is 0 Å². The predicted molar refractivity (Wildman–Crippen MR) is 30.5 cm³/mol. The lowest BCUT2D eigenvalue weighted by Gasteiger charge is -1.77. The molecule has 0 amide bonds. The molecule has 0 saturated carbocycles. The van der Waals surface area contributed by atoms with Crippen LogP contribution in [0.1, 0.15) is 6.92 Å².